The lowest BCUT2D eigenvalue weighted by atomic mass is 10.2. The van der Waals surface area contributed by atoms with Gasteiger partial charge in [-0.1, -0.05) is 30.3 Å². The minimum Gasteiger partial charge on any atom is -0.383 e. The standard InChI is InChI=1S/C19H33N5O/c1-17(16-25-3)22-19(20-2)21-9-10-23-11-13-24(14-12-23)15-18-7-5-4-6-8-18/h4-8,17H,9-16H2,1-3H3,(H2,20,21,22). The Morgan fingerprint density at radius 1 is 1.16 bits per heavy atom. The highest BCUT2D eigenvalue weighted by Crippen LogP contribution is 2.07. The zero-order chi connectivity index (χ0) is 17.9. The molecule has 6 heteroatoms. The Kier molecular flexibility index (Phi) is 8.72. The first kappa shape index (κ1) is 19.7. The van der Waals surface area contributed by atoms with Gasteiger partial charge in [-0.15, -0.1) is 0 Å². The normalized spacial score (nSPS) is 18.1. The fourth-order valence-electron chi connectivity index (χ4n) is 3.06. The second kappa shape index (κ2) is 11.1. The number of hydrogen-bond donors (Lipinski definition) is 2. The summed E-state index contributed by atoms with van der Waals surface area (Å²) in [6.45, 7) is 10.3. The summed E-state index contributed by atoms with van der Waals surface area (Å²) in [6, 6.07) is 11.0. The van der Waals surface area contributed by atoms with Gasteiger partial charge >= 0.3 is 0 Å². The van der Waals surface area contributed by atoms with Crippen LogP contribution in [-0.2, 0) is 11.3 Å². The molecule has 0 radical (unpaired) electrons. The Labute approximate surface area is 152 Å². The van der Waals surface area contributed by atoms with Crippen LogP contribution in [0.25, 0.3) is 0 Å². The van der Waals surface area contributed by atoms with Crippen LogP contribution in [-0.4, -0.2) is 81.8 Å². The molecular weight excluding hydrogens is 314 g/mol. The van der Waals surface area contributed by atoms with Crippen LogP contribution in [0.4, 0.5) is 0 Å². The summed E-state index contributed by atoms with van der Waals surface area (Å²) in [5.41, 5.74) is 1.40. The number of methoxy groups -OCH3 is 1. The molecule has 2 N–H and O–H groups in total. The van der Waals surface area contributed by atoms with E-state index in [-0.39, 0.29) is 6.04 Å². The van der Waals surface area contributed by atoms with E-state index in [1.807, 2.05) is 0 Å². The molecule has 1 fully saturated rings. The van der Waals surface area contributed by atoms with Crippen molar-refractivity contribution in [2.75, 3.05) is 60.0 Å². The molecule has 0 aromatic heterocycles. The third-order valence-electron chi connectivity index (χ3n) is 4.46. The monoisotopic (exact) mass is 347 g/mol. The Bertz CT molecular complexity index is 500. The van der Waals surface area contributed by atoms with Crippen LogP contribution in [0.2, 0.25) is 0 Å². The van der Waals surface area contributed by atoms with Crippen LogP contribution in [0.1, 0.15) is 12.5 Å². The number of rotatable bonds is 8. The van der Waals surface area contributed by atoms with E-state index in [1.54, 1.807) is 14.2 Å². The van der Waals surface area contributed by atoms with Gasteiger partial charge in [0.15, 0.2) is 5.96 Å². The Hall–Kier alpha value is -1.63. The van der Waals surface area contributed by atoms with Gasteiger partial charge in [-0.05, 0) is 12.5 Å². The molecule has 6 nitrogen and oxygen atoms in total. The van der Waals surface area contributed by atoms with Crippen molar-refractivity contribution in [1.82, 2.24) is 20.4 Å². The molecule has 1 aliphatic heterocycles. The van der Waals surface area contributed by atoms with E-state index in [9.17, 15) is 0 Å². The number of guanidine groups is 1. The van der Waals surface area contributed by atoms with Gasteiger partial charge in [-0.3, -0.25) is 14.8 Å². The molecule has 0 bridgehead atoms. The molecule has 1 heterocycles. The van der Waals surface area contributed by atoms with Crippen LogP contribution in [0.5, 0.6) is 0 Å². The van der Waals surface area contributed by atoms with Crippen molar-refractivity contribution >= 4 is 5.96 Å². The van der Waals surface area contributed by atoms with E-state index in [2.05, 4.69) is 62.7 Å². The summed E-state index contributed by atoms with van der Waals surface area (Å²) in [5.74, 6) is 0.840. The molecule has 1 unspecified atom stereocenters. The van der Waals surface area contributed by atoms with Crippen LogP contribution in [0.15, 0.2) is 35.3 Å². The minimum absolute atomic E-state index is 0.248. The third kappa shape index (κ3) is 7.42. The second-order valence-corrected chi connectivity index (χ2v) is 6.60. The quantitative estimate of drug-likeness (QED) is 0.543. The van der Waals surface area contributed by atoms with Crippen molar-refractivity contribution in [3.8, 4) is 0 Å². The number of aliphatic imine (C=N–C) groups is 1. The van der Waals surface area contributed by atoms with Crippen molar-refractivity contribution in [3.63, 3.8) is 0 Å². The summed E-state index contributed by atoms with van der Waals surface area (Å²) in [4.78, 5) is 9.31. The number of nitrogens with one attached hydrogen (secondary N) is 2. The molecular formula is C19H33N5O. The maximum absolute atomic E-state index is 5.14. The van der Waals surface area contributed by atoms with E-state index < -0.39 is 0 Å². The van der Waals surface area contributed by atoms with Gasteiger partial charge in [0.25, 0.3) is 0 Å². The molecule has 1 saturated heterocycles. The van der Waals surface area contributed by atoms with Gasteiger partial charge in [0.2, 0.25) is 0 Å². The van der Waals surface area contributed by atoms with Gasteiger partial charge in [0, 0.05) is 66.0 Å². The average molecular weight is 348 g/mol. The third-order valence-corrected chi connectivity index (χ3v) is 4.46. The van der Waals surface area contributed by atoms with Gasteiger partial charge in [-0.2, -0.15) is 0 Å². The summed E-state index contributed by atoms with van der Waals surface area (Å²) in [5, 5.41) is 6.71. The van der Waals surface area contributed by atoms with Crippen LogP contribution in [0, 0.1) is 0 Å². The summed E-state index contributed by atoms with van der Waals surface area (Å²) in [7, 11) is 3.52. The van der Waals surface area contributed by atoms with Crippen molar-refractivity contribution in [2.45, 2.75) is 19.5 Å². The number of nitrogens with zero attached hydrogens (tertiary/aromatic N) is 3. The molecule has 2 rings (SSSR count). The topological polar surface area (TPSA) is 52.1 Å². The molecule has 140 valence electrons. The smallest absolute Gasteiger partial charge is 0.191 e. The van der Waals surface area contributed by atoms with Crippen LogP contribution < -0.4 is 10.6 Å². The lowest BCUT2D eigenvalue weighted by Crippen LogP contribution is -2.50. The first-order chi connectivity index (χ1) is 12.2. The first-order valence-electron chi connectivity index (χ1n) is 9.16. The Morgan fingerprint density at radius 2 is 1.84 bits per heavy atom. The SMILES string of the molecule is CN=C(NCCN1CCN(Cc2ccccc2)CC1)NC(C)COC. The highest BCUT2D eigenvalue weighted by Gasteiger charge is 2.16. The number of piperazine rings is 1. The van der Waals surface area contributed by atoms with Gasteiger partial charge in [0.1, 0.15) is 0 Å². The zero-order valence-electron chi connectivity index (χ0n) is 15.9. The van der Waals surface area contributed by atoms with Crippen LogP contribution >= 0.6 is 0 Å². The molecule has 0 aliphatic carbocycles. The molecule has 1 aromatic carbocycles. The molecule has 1 atom stereocenters. The van der Waals surface area contributed by atoms with Gasteiger partial charge < -0.3 is 15.4 Å². The van der Waals surface area contributed by atoms with Gasteiger partial charge in [0.05, 0.1) is 6.61 Å². The molecule has 0 amide bonds. The maximum atomic E-state index is 5.14. The maximum Gasteiger partial charge on any atom is 0.191 e. The van der Waals surface area contributed by atoms with Crippen LogP contribution in [0.3, 0.4) is 0 Å². The molecule has 0 spiro atoms. The number of benzene rings is 1. The Balaban J connectivity index is 1.61. The molecule has 25 heavy (non-hydrogen) atoms. The highest BCUT2D eigenvalue weighted by atomic mass is 16.5. The molecule has 0 saturated carbocycles. The fraction of sp³-hybridized carbons (Fsp3) is 0.632. The van der Waals surface area contributed by atoms with E-state index in [0.717, 1.165) is 51.8 Å². The van der Waals surface area contributed by atoms with Crippen molar-refractivity contribution < 1.29 is 4.74 Å². The number of ether oxygens (including phenoxy) is 1. The number of hydrogen-bond acceptors (Lipinski definition) is 4. The summed E-state index contributed by atoms with van der Waals surface area (Å²) in [6.07, 6.45) is 0. The highest BCUT2D eigenvalue weighted by molar-refractivity contribution is 5.79. The minimum atomic E-state index is 0.248. The van der Waals surface area contributed by atoms with Crippen molar-refractivity contribution in [3.05, 3.63) is 35.9 Å². The fourth-order valence-corrected chi connectivity index (χ4v) is 3.06. The predicted octanol–water partition coefficient (Wildman–Crippen LogP) is 1.00. The molecule has 1 aliphatic rings. The average Bonchev–Trinajstić information content (AvgIpc) is 2.63. The van der Waals surface area contributed by atoms with E-state index in [1.165, 1.54) is 5.56 Å². The van der Waals surface area contributed by atoms with Crippen molar-refractivity contribution in [1.29, 1.82) is 0 Å². The largest absolute Gasteiger partial charge is 0.383 e. The van der Waals surface area contributed by atoms with Gasteiger partial charge in [-0.25, -0.2) is 0 Å². The summed E-state index contributed by atoms with van der Waals surface area (Å²) >= 11 is 0. The van der Waals surface area contributed by atoms with E-state index in [4.69, 9.17) is 4.74 Å². The second-order valence-electron chi connectivity index (χ2n) is 6.60. The van der Waals surface area contributed by atoms with E-state index >= 15 is 0 Å². The lowest BCUT2D eigenvalue weighted by Gasteiger charge is -2.34. The first-order valence-corrected chi connectivity index (χ1v) is 9.16. The Morgan fingerprint density at radius 3 is 2.48 bits per heavy atom. The van der Waals surface area contributed by atoms with E-state index in [0.29, 0.717) is 6.61 Å². The lowest BCUT2D eigenvalue weighted by molar-refractivity contribution is 0.129. The summed E-state index contributed by atoms with van der Waals surface area (Å²) < 4.78 is 5.14. The van der Waals surface area contributed by atoms with Crippen molar-refractivity contribution in [2.24, 2.45) is 4.99 Å². The zero-order valence-corrected chi connectivity index (χ0v) is 15.9. The predicted molar refractivity (Wildman–Crippen MR) is 104 cm³/mol. The molecule has 1 aromatic rings.